The standard InChI is InChI=1S/C15H13FN2O2/c1-17-15(19)13-8-14-12(5-6-20-14)18(13)9-10-3-2-4-11(16)7-10/h2-8H,9H2,1H3,(H,17,19). The number of halogens is 1. The van der Waals surface area contributed by atoms with Crippen LogP contribution < -0.4 is 5.32 Å². The molecule has 2 aromatic heterocycles. The SMILES string of the molecule is CNC(=O)c1cc2occc2n1Cc1cccc(F)c1. The van der Waals surface area contributed by atoms with Crippen molar-refractivity contribution < 1.29 is 13.6 Å². The molecule has 4 nitrogen and oxygen atoms in total. The summed E-state index contributed by atoms with van der Waals surface area (Å²) >= 11 is 0. The van der Waals surface area contributed by atoms with Gasteiger partial charge >= 0.3 is 0 Å². The van der Waals surface area contributed by atoms with Crippen LogP contribution in [-0.2, 0) is 6.54 Å². The number of fused-ring (bicyclic) bond motifs is 1. The average Bonchev–Trinajstić information content (AvgIpc) is 3.01. The van der Waals surface area contributed by atoms with E-state index in [2.05, 4.69) is 5.32 Å². The van der Waals surface area contributed by atoms with E-state index in [9.17, 15) is 9.18 Å². The molecule has 0 fully saturated rings. The molecule has 1 amide bonds. The lowest BCUT2D eigenvalue weighted by Crippen LogP contribution is -2.21. The van der Waals surface area contributed by atoms with Crippen molar-refractivity contribution in [2.45, 2.75) is 6.54 Å². The fourth-order valence-electron chi connectivity index (χ4n) is 2.28. The highest BCUT2D eigenvalue weighted by molar-refractivity contribution is 5.97. The number of hydrogen-bond acceptors (Lipinski definition) is 2. The minimum atomic E-state index is -0.292. The molecule has 0 aliphatic carbocycles. The molecule has 1 N–H and O–H groups in total. The van der Waals surface area contributed by atoms with Crippen molar-refractivity contribution in [2.75, 3.05) is 7.05 Å². The number of amides is 1. The highest BCUT2D eigenvalue weighted by Gasteiger charge is 2.16. The van der Waals surface area contributed by atoms with E-state index in [1.807, 2.05) is 10.6 Å². The van der Waals surface area contributed by atoms with Gasteiger partial charge in [0.25, 0.3) is 5.91 Å². The quantitative estimate of drug-likeness (QED) is 0.797. The molecular weight excluding hydrogens is 259 g/mol. The van der Waals surface area contributed by atoms with Crippen molar-refractivity contribution in [3.63, 3.8) is 0 Å². The maximum atomic E-state index is 13.3. The number of nitrogens with zero attached hydrogens (tertiary/aromatic N) is 1. The van der Waals surface area contributed by atoms with E-state index in [4.69, 9.17) is 4.42 Å². The Kier molecular flexibility index (Phi) is 3.02. The lowest BCUT2D eigenvalue weighted by atomic mass is 10.2. The van der Waals surface area contributed by atoms with Crippen LogP contribution in [0.3, 0.4) is 0 Å². The highest BCUT2D eigenvalue weighted by Crippen LogP contribution is 2.22. The molecule has 0 saturated heterocycles. The molecule has 0 aliphatic heterocycles. The first-order chi connectivity index (χ1) is 9.69. The first-order valence-electron chi connectivity index (χ1n) is 6.22. The van der Waals surface area contributed by atoms with Gasteiger partial charge in [-0.05, 0) is 17.7 Å². The molecule has 102 valence electrons. The smallest absolute Gasteiger partial charge is 0.267 e. The van der Waals surface area contributed by atoms with Gasteiger partial charge in [-0.1, -0.05) is 12.1 Å². The van der Waals surface area contributed by atoms with Crippen LogP contribution in [0.5, 0.6) is 0 Å². The lowest BCUT2D eigenvalue weighted by Gasteiger charge is -2.09. The van der Waals surface area contributed by atoms with Crippen LogP contribution in [0, 0.1) is 5.82 Å². The first-order valence-corrected chi connectivity index (χ1v) is 6.22. The second-order valence-corrected chi connectivity index (χ2v) is 4.49. The Balaban J connectivity index is 2.08. The third kappa shape index (κ3) is 2.07. The molecule has 0 aliphatic rings. The van der Waals surface area contributed by atoms with Gasteiger partial charge in [0.15, 0.2) is 5.58 Å². The molecular formula is C15H13FN2O2. The minimum Gasteiger partial charge on any atom is -0.463 e. The number of furan rings is 1. The predicted molar refractivity (Wildman–Crippen MR) is 73.1 cm³/mol. The van der Waals surface area contributed by atoms with Crippen LogP contribution in [0.15, 0.2) is 47.1 Å². The summed E-state index contributed by atoms with van der Waals surface area (Å²) in [6.07, 6.45) is 1.57. The van der Waals surface area contributed by atoms with Gasteiger partial charge in [0.2, 0.25) is 0 Å². The zero-order chi connectivity index (χ0) is 14.1. The van der Waals surface area contributed by atoms with Gasteiger partial charge in [-0.2, -0.15) is 0 Å². The van der Waals surface area contributed by atoms with Crippen LogP contribution in [0.4, 0.5) is 4.39 Å². The first kappa shape index (κ1) is 12.5. The van der Waals surface area contributed by atoms with E-state index in [1.165, 1.54) is 12.1 Å². The summed E-state index contributed by atoms with van der Waals surface area (Å²) in [5.74, 6) is -0.493. The molecule has 0 radical (unpaired) electrons. The Bertz CT molecular complexity index is 773. The van der Waals surface area contributed by atoms with E-state index in [1.54, 1.807) is 31.5 Å². The van der Waals surface area contributed by atoms with E-state index in [0.29, 0.717) is 17.8 Å². The minimum absolute atomic E-state index is 0.201. The summed E-state index contributed by atoms with van der Waals surface area (Å²) in [7, 11) is 1.57. The third-order valence-corrected chi connectivity index (χ3v) is 3.21. The molecule has 3 rings (SSSR count). The number of carbonyl (C=O) groups excluding carboxylic acids is 1. The number of benzene rings is 1. The van der Waals surface area contributed by atoms with E-state index < -0.39 is 0 Å². The lowest BCUT2D eigenvalue weighted by molar-refractivity contribution is 0.0954. The van der Waals surface area contributed by atoms with Gasteiger partial charge in [0.1, 0.15) is 11.5 Å². The highest BCUT2D eigenvalue weighted by atomic mass is 19.1. The summed E-state index contributed by atoms with van der Waals surface area (Å²) in [5.41, 5.74) is 2.73. The van der Waals surface area contributed by atoms with Crippen LogP contribution in [0.1, 0.15) is 16.1 Å². The van der Waals surface area contributed by atoms with Crippen LogP contribution in [0.2, 0.25) is 0 Å². The van der Waals surface area contributed by atoms with Crippen molar-refractivity contribution in [2.24, 2.45) is 0 Å². The largest absolute Gasteiger partial charge is 0.463 e. The zero-order valence-electron chi connectivity index (χ0n) is 10.9. The molecule has 0 bridgehead atoms. The summed E-state index contributed by atoms with van der Waals surface area (Å²) in [5, 5.41) is 2.59. The van der Waals surface area contributed by atoms with Gasteiger partial charge in [-0.25, -0.2) is 4.39 Å². The molecule has 0 unspecified atom stereocenters. The normalized spacial score (nSPS) is 10.9. The molecule has 1 aromatic carbocycles. The summed E-state index contributed by atoms with van der Waals surface area (Å²) in [6.45, 7) is 0.406. The maximum Gasteiger partial charge on any atom is 0.267 e. The number of hydrogen-bond donors (Lipinski definition) is 1. The Labute approximate surface area is 114 Å². The molecule has 2 heterocycles. The number of nitrogens with one attached hydrogen (secondary N) is 1. The van der Waals surface area contributed by atoms with Gasteiger partial charge in [0.05, 0.1) is 11.8 Å². The number of aromatic nitrogens is 1. The molecule has 0 atom stereocenters. The van der Waals surface area contributed by atoms with Crippen LogP contribution in [0.25, 0.3) is 11.1 Å². The molecule has 3 aromatic rings. The van der Waals surface area contributed by atoms with Crippen LogP contribution in [-0.4, -0.2) is 17.5 Å². The van der Waals surface area contributed by atoms with Gasteiger partial charge < -0.3 is 14.3 Å². The molecule has 0 saturated carbocycles. The maximum absolute atomic E-state index is 13.3. The Hall–Kier alpha value is -2.56. The Morgan fingerprint density at radius 2 is 2.20 bits per heavy atom. The van der Waals surface area contributed by atoms with Crippen molar-refractivity contribution in [1.29, 1.82) is 0 Å². The summed E-state index contributed by atoms with van der Waals surface area (Å²) in [4.78, 5) is 11.9. The number of rotatable bonds is 3. The van der Waals surface area contributed by atoms with Crippen molar-refractivity contribution in [1.82, 2.24) is 9.88 Å². The van der Waals surface area contributed by atoms with E-state index >= 15 is 0 Å². The molecule has 0 spiro atoms. The second-order valence-electron chi connectivity index (χ2n) is 4.49. The van der Waals surface area contributed by atoms with E-state index in [0.717, 1.165) is 11.1 Å². The fraction of sp³-hybridized carbons (Fsp3) is 0.133. The van der Waals surface area contributed by atoms with Crippen molar-refractivity contribution in [3.05, 3.63) is 59.7 Å². The third-order valence-electron chi connectivity index (χ3n) is 3.21. The van der Waals surface area contributed by atoms with Gasteiger partial charge in [-0.15, -0.1) is 0 Å². The van der Waals surface area contributed by atoms with Gasteiger partial charge in [-0.3, -0.25) is 4.79 Å². The fourth-order valence-corrected chi connectivity index (χ4v) is 2.28. The second kappa shape index (κ2) is 4.85. The topological polar surface area (TPSA) is 47.2 Å². The average molecular weight is 272 g/mol. The van der Waals surface area contributed by atoms with E-state index in [-0.39, 0.29) is 11.7 Å². The Morgan fingerprint density at radius 1 is 1.35 bits per heavy atom. The summed E-state index contributed by atoms with van der Waals surface area (Å²) in [6, 6.07) is 9.81. The zero-order valence-corrected chi connectivity index (χ0v) is 10.9. The predicted octanol–water partition coefficient (Wildman–Crippen LogP) is 2.78. The number of carbonyl (C=O) groups is 1. The van der Waals surface area contributed by atoms with Crippen molar-refractivity contribution in [3.8, 4) is 0 Å². The molecule has 5 heteroatoms. The van der Waals surface area contributed by atoms with Crippen LogP contribution >= 0.6 is 0 Å². The van der Waals surface area contributed by atoms with Gasteiger partial charge in [0, 0.05) is 25.7 Å². The monoisotopic (exact) mass is 272 g/mol. The molecule has 20 heavy (non-hydrogen) atoms. The van der Waals surface area contributed by atoms with Crippen molar-refractivity contribution >= 4 is 17.0 Å². The summed E-state index contributed by atoms with van der Waals surface area (Å²) < 4.78 is 20.4. The Morgan fingerprint density at radius 3 is 2.95 bits per heavy atom.